The molecule has 0 aliphatic carbocycles. The summed E-state index contributed by atoms with van der Waals surface area (Å²) in [7, 11) is 0. The van der Waals surface area contributed by atoms with Gasteiger partial charge in [0, 0.05) is 53.7 Å². The lowest BCUT2D eigenvalue weighted by Gasteiger charge is -2.30. The molecule has 11 atom stereocenters. The summed E-state index contributed by atoms with van der Waals surface area (Å²) in [5.41, 5.74) is 23.3. The molecule has 10 amide bonds. The van der Waals surface area contributed by atoms with Gasteiger partial charge >= 0.3 is 11.9 Å². The van der Waals surface area contributed by atoms with Gasteiger partial charge in [-0.3, -0.25) is 57.7 Å². The van der Waals surface area contributed by atoms with Crippen molar-refractivity contribution >= 4 is 149 Å². The van der Waals surface area contributed by atoms with Gasteiger partial charge in [0.1, 0.15) is 54.4 Å². The average Bonchev–Trinajstić information content (AvgIpc) is 4.17. The Bertz CT molecular complexity index is 2650. The Kier molecular flexibility index (Phi) is 34.3. The molecule has 29 nitrogen and oxygen atoms in total. The molecular formula is C51H81N15O14S5. The molecule has 0 saturated carbocycles. The highest BCUT2D eigenvalue weighted by Crippen LogP contribution is 2.20. The molecule has 1 heterocycles. The van der Waals surface area contributed by atoms with Crippen molar-refractivity contribution in [2.24, 2.45) is 33.8 Å². The first-order chi connectivity index (χ1) is 40.2. The van der Waals surface area contributed by atoms with E-state index < -0.39 is 157 Å². The molecule has 474 valence electrons. The summed E-state index contributed by atoms with van der Waals surface area (Å²) in [6.07, 6.45) is 3.21. The maximum Gasteiger partial charge on any atom is 0.327 e. The van der Waals surface area contributed by atoms with Crippen molar-refractivity contribution in [3.8, 4) is 0 Å². The molecule has 0 unspecified atom stereocenters. The van der Waals surface area contributed by atoms with E-state index in [1.165, 1.54) is 23.5 Å². The highest BCUT2D eigenvalue weighted by Gasteiger charge is 2.37. The van der Waals surface area contributed by atoms with Gasteiger partial charge in [-0.15, -0.1) is 0 Å². The fourth-order valence-electron chi connectivity index (χ4n) is 8.05. The van der Waals surface area contributed by atoms with Crippen LogP contribution in [0.5, 0.6) is 0 Å². The Morgan fingerprint density at radius 3 is 1.55 bits per heavy atom. The number of amides is 10. The number of rotatable bonds is 41. The molecule has 0 radical (unpaired) electrons. The first-order valence-corrected chi connectivity index (χ1v) is 31.6. The number of carbonyl (C=O) groups is 12. The number of benzene rings is 1. The van der Waals surface area contributed by atoms with Crippen molar-refractivity contribution in [3.63, 3.8) is 0 Å². The van der Waals surface area contributed by atoms with E-state index in [0.717, 1.165) is 0 Å². The van der Waals surface area contributed by atoms with Gasteiger partial charge in [-0.2, -0.15) is 61.4 Å². The van der Waals surface area contributed by atoms with Crippen LogP contribution >= 0.6 is 61.4 Å². The van der Waals surface area contributed by atoms with Crippen LogP contribution in [-0.2, 0) is 64.0 Å². The summed E-state index contributed by atoms with van der Waals surface area (Å²) >= 11 is 14.8. The van der Waals surface area contributed by atoms with Crippen LogP contribution in [0.2, 0.25) is 0 Å². The summed E-state index contributed by atoms with van der Waals surface area (Å²) in [5, 5.41) is 42.6. The van der Waals surface area contributed by atoms with Crippen molar-refractivity contribution in [3.05, 3.63) is 36.0 Å². The van der Waals surface area contributed by atoms with E-state index in [-0.39, 0.29) is 68.3 Å². The Morgan fingerprint density at radius 2 is 1.05 bits per heavy atom. The zero-order chi connectivity index (χ0) is 63.9. The van der Waals surface area contributed by atoms with Gasteiger partial charge in [-0.05, 0) is 73.7 Å². The number of carbonyl (C=O) groups excluding carboxylic acids is 10. The number of hydrogen-bond acceptors (Lipinski definition) is 19. The quantitative estimate of drug-likeness (QED) is 0.0134. The van der Waals surface area contributed by atoms with E-state index in [1.807, 2.05) is 0 Å². The molecule has 0 fully saturated rings. The number of primary amides is 1. The van der Waals surface area contributed by atoms with Crippen LogP contribution in [0.15, 0.2) is 35.5 Å². The number of aromatic nitrogens is 1. The van der Waals surface area contributed by atoms with Crippen LogP contribution in [0.25, 0.3) is 10.9 Å². The number of hydrogen-bond donors (Lipinski definition) is 19. The van der Waals surface area contributed by atoms with Gasteiger partial charge in [-0.25, -0.2) is 4.79 Å². The number of fused-ring (bicyclic) bond motifs is 1. The van der Waals surface area contributed by atoms with Gasteiger partial charge in [0.05, 0.1) is 12.5 Å². The molecule has 34 heteroatoms. The Balaban J connectivity index is 2.57. The van der Waals surface area contributed by atoms with E-state index in [2.05, 4.69) is 95.7 Å². The lowest BCUT2D eigenvalue weighted by atomic mass is 9.96. The van der Waals surface area contributed by atoms with Crippen molar-refractivity contribution in [1.82, 2.24) is 52.8 Å². The predicted molar refractivity (Wildman–Crippen MR) is 333 cm³/mol. The molecule has 1 aromatic carbocycles. The molecule has 0 aliphatic rings. The van der Waals surface area contributed by atoms with E-state index >= 15 is 0 Å². The summed E-state index contributed by atoms with van der Waals surface area (Å²) in [4.78, 5) is 168. The first-order valence-electron chi connectivity index (χ1n) is 26.9. The minimum absolute atomic E-state index is 0.0111. The minimum Gasteiger partial charge on any atom is -0.481 e. The highest BCUT2D eigenvalue weighted by atomic mass is 32.2. The first kappa shape index (κ1) is 74.5. The van der Waals surface area contributed by atoms with Crippen LogP contribution < -0.4 is 70.8 Å². The highest BCUT2D eigenvalue weighted by molar-refractivity contribution is 7.98. The van der Waals surface area contributed by atoms with Gasteiger partial charge in [-0.1, -0.05) is 38.5 Å². The third-order valence-electron chi connectivity index (χ3n) is 13.1. The van der Waals surface area contributed by atoms with Crippen molar-refractivity contribution in [2.75, 3.05) is 47.8 Å². The molecule has 0 bridgehead atoms. The van der Waals surface area contributed by atoms with Crippen LogP contribution in [0, 0.1) is 5.92 Å². The Labute approximate surface area is 516 Å². The van der Waals surface area contributed by atoms with Crippen LogP contribution in [0.1, 0.15) is 70.8 Å². The predicted octanol–water partition coefficient (Wildman–Crippen LogP) is -3.38. The number of carboxylic acids is 2. The molecule has 0 spiro atoms. The monoisotopic (exact) mass is 1290 g/mol. The van der Waals surface area contributed by atoms with E-state index in [9.17, 15) is 67.7 Å². The molecule has 20 N–H and O–H groups in total. The number of aromatic amines is 1. The summed E-state index contributed by atoms with van der Waals surface area (Å²) in [5.74, 6) is -12.9. The van der Waals surface area contributed by atoms with E-state index in [4.69, 9.17) is 22.9 Å². The number of nitrogens with one attached hydrogen (secondary N) is 10. The zero-order valence-electron chi connectivity index (χ0n) is 47.6. The third-order valence-corrected chi connectivity index (χ3v) is 15.5. The third kappa shape index (κ3) is 26.3. The second-order valence-electron chi connectivity index (χ2n) is 19.5. The number of guanidine groups is 1. The number of thiol groups is 3. The lowest BCUT2D eigenvalue weighted by molar-refractivity contribution is -0.141. The van der Waals surface area contributed by atoms with Crippen LogP contribution in [0.4, 0.5) is 0 Å². The van der Waals surface area contributed by atoms with Crippen molar-refractivity contribution in [2.45, 2.75) is 132 Å². The molecular weight excluding hydrogens is 1210 g/mol. The lowest BCUT2D eigenvalue weighted by Crippen LogP contribution is -2.61. The number of H-pyrrole nitrogens is 1. The molecule has 0 saturated heterocycles. The second-order valence-corrected chi connectivity index (χ2v) is 22.6. The van der Waals surface area contributed by atoms with Crippen molar-refractivity contribution in [1.29, 1.82) is 0 Å². The maximum absolute atomic E-state index is 14.6. The number of carboxylic acid groups (broad SMARTS) is 2. The fraction of sp³-hybridized carbons (Fsp3) is 0.588. The number of nitrogens with zero attached hydrogens (tertiary/aromatic N) is 1. The maximum atomic E-state index is 14.6. The number of aliphatic carboxylic acids is 2. The normalized spacial score (nSPS) is 15.0. The molecule has 2 aromatic rings. The van der Waals surface area contributed by atoms with Gasteiger partial charge < -0.3 is 86.0 Å². The average molecular weight is 1290 g/mol. The number of aliphatic imine (C=N–C) groups is 1. The van der Waals surface area contributed by atoms with E-state index in [1.54, 1.807) is 56.8 Å². The number of nitrogens with two attached hydrogens (primary N) is 4. The summed E-state index contributed by atoms with van der Waals surface area (Å²) in [6, 6.07) is -7.14. The molecule has 0 aliphatic heterocycles. The largest absolute Gasteiger partial charge is 0.481 e. The van der Waals surface area contributed by atoms with Crippen LogP contribution in [0.3, 0.4) is 0 Å². The molecule has 85 heavy (non-hydrogen) atoms. The van der Waals surface area contributed by atoms with Crippen LogP contribution in [-0.4, -0.2) is 200 Å². The Morgan fingerprint density at radius 1 is 0.588 bits per heavy atom. The summed E-state index contributed by atoms with van der Waals surface area (Å²) in [6.45, 7) is 3.28. The molecule has 2 rings (SSSR count). The van der Waals surface area contributed by atoms with Gasteiger partial charge in [0.2, 0.25) is 59.1 Å². The van der Waals surface area contributed by atoms with Gasteiger partial charge in [0.15, 0.2) is 5.96 Å². The minimum atomic E-state index is -1.68. The van der Waals surface area contributed by atoms with Crippen molar-refractivity contribution < 1.29 is 67.7 Å². The number of para-hydroxylation sites is 1. The van der Waals surface area contributed by atoms with Gasteiger partial charge in [0.25, 0.3) is 0 Å². The standard InChI is InChI=1S/C51H81N15O14S5/c1-5-25(2)40(66-45(74)31(12-13-39(68)69)59-42(71)30(11-8-16-56-51(54)55)58-47(76)35(20-38(53)67)62-41(70)28(52)22-81)49(78)61-33(15-18-85-4)43(72)63-34(19-26-21-57-29-10-7-6-9-27(26)29)46(75)60-32(14-17-84-3)44(73)64-36(23-82)48(77)65-37(24-83)50(79)80/h6-7,9-10,21,25,28,30-37,40,57,81-83H,5,8,11-20,22-24,52H2,1-4H3,(H2,53,67)(H,58,76)(H,59,71)(H,60,75)(H,61,78)(H,62,70)(H,63,72)(H,64,73)(H,65,77)(H,66,74)(H,68,69)(H,79,80)(H4,54,55,56)/t25-,28-,30-,31-,32-,33-,34-,35-,36-,37-,40-/m0/s1. The Hall–Kier alpha value is -6.62. The topological polar surface area (TPSA) is 486 Å². The van der Waals surface area contributed by atoms with E-state index in [0.29, 0.717) is 28.0 Å². The number of thioether (sulfide) groups is 2. The SMILES string of the molecule is CC[C@H](C)[C@H](NC(=O)[C@H](CCC(=O)O)NC(=O)[C@H](CCCN=C(N)N)NC(=O)[C@H](CC(N)=O)NC(=O)[C@@H](N)CS)C(=O)N[C@@H](CCSC)C(=O)N[C@@H](Cc1c[nH]c2ccccc12)C(=O)N[C@@H](CCSC)C(=O)N[C@@H](CS)C(=O)N[C@@H](CS)C(=O)O. The fourth-order valence-corrected chi connectivity index (χ4v) is 9.66. The smallest absolute Gasteiger partial charge is 0.327 e. The summed E-state index contributed by atoms with van der Waals surface area (Å²) < 4.78 is 0. The second kappa shape index (κ2) is 39.2. The zero-order valence-corrected chi connectivity index (χ0v) is 51.9. The molecule has 1 aromatic heterocycles.